The molecule has 4 rings (SSSR count). The molecular formula is C28H30N2O7S. The van der Waals surface area contributed by atoms with Gasteiger partial charge >= 0.3 is 5.97 Å². The van der Waals surface area contributed by atoms with Crippen LogP contribution in [0.5, 0.6) is 0 Å². The highest BCUT2D eigenvalue weighted by molar-refractivity contribution is 7.89. The van der Waals surface area contributed by atoms with Crippen molar-refractivity contribution in [2.24, 2.45) is 11.8 Å². The van der Waals surface area contributed by atoms with Gasteiger partial charge in [-0.05, 0) is 65.5 Å². The molecule has 0 bridgehead atoms. The number of nitrogens with one attached hydrogen (secondary N) is 2. The summed E-state index contributed by atoms with van der Waals surface area (Å²) >= 11 is 0. The molecule has 9 nitrogen and oxygen atoms in total. The zero-order chi connectivity index (χ0) is 27.6. The molecule has 38 heavy (non-hydrogen) atoms. The lowest BCUT2D eigenvalue weighted by Gasteiger charge is -2.21. The summed E-state index contributed by atoms with van der Waals surface area (Å²) in [7, 11) is -4.01. The van der Waals surface area contributed by atoms with Crippen LogP contribution >= 0.6 is 0 Å². The highest BCUT2D eigenvalue weighted by Crippen LogP contribution is 2.39. The smallest absolute Gasteiger partial charge is 0.322 e. The molecule has 2 aliphatic rings. The molecule has 3 atom stereocenters. The molecule has 2 aromatic rings. The van der Waals surface area contributed by atoms with Crippen LogP contribution in [-0.2, 0) is 24.3 Å². The number of aliphatic carboxylic acids is 1. The maximum absolute atomic E-state index is 12.9. The first kappa shape index (κ1) is 27.3. The van der Waals surface area contributed by atoms with Crippen LogP contribution in [0, 0.1) is 11.8 Å². The second-order valence-corrected chi connectivity index (χ2v) is 11.3. The number of hydrogen-bond acceptors (Lipinski definition) is 6. The fourth-order valence-corrected chi connectivity index (χ4v) is 5.91. The monoisotopic (exact) mass is 538 g/mol. The topological polar surface area (TPSA) is 142 Å². The van der Waals surface area contributed by atoms with Gasteiger partial charge in [-0.1, -0.05) is 50.3 Å². The van der Waals surface area contributed by atoms with Crippen LogP contribution in [0.15, 0.2) is 88.6 Å². The predicted octanol–water partition coefficient (Wildman–Crippen LogP) is 3.46. The molecule has 1 heterocycles. The first-order valence-corrected chi connectivity index (χ1v) is 13.6. The van der Waals surface area contributed by atoms with Gasteiger partial charge < -0.3 is 20.3 Å². The van der Waals surface area contributed by atoms with E-state index in [1.54, 1.807) is 50.2 Å². The average molecular weight is 539 g/mol. The summed E-state index contributed by atoms with van der Waals surface area (Å²) in [6.07, 6.45) is 5.21. The second-order valence-electron chi connectivity index (χ2n) is 9.59. The Bertz CT molecular complexity index is 1420. The van der Waals surface area contributed by atoms with E-state index in [1.807, 2.05) is 25.2 Å². The number of anilines is 1. The lowest BCUT2D eigenvalue weighted by Crippen LogP contribution is -2.44. The Balaban J connectivity index is 1.44. The number of ether oxygens (including phenoxy) is 1. The number of aliphatic hydroxyl groups excluding tert-OH is 1. The van der Waals surface area contributed by atoms with Gasteiger partial charge in [0.15, 0.2) is 5.76 Å². The molecule has 1 aliphatic heterocycles. The van der Waals surface area contributed by atoms with Crippen LogP contribution in [0.25, 0.3) is 11.1 Å². The van der Waals surface area contributed by atoms with E-state index in [9.17, 15) is 28.2 Å². The van der Waals surface area contributed by atoms with Gasteiger partial charge in [-0.25, -0.2) is 8.42 Å². The van der Waals surface area contributed by atoms with Crippen LogP contribution in [-0.4, -0.2) is 49.3 Å². The molecule has 1 aliphatic carbocycles. The molecule has 0 spiro atoms. The number of carboxylic acid groups (broad SMARTS) is 1. The Hall–Kier alpha value is -3.73. The predicted molar refractivity (Wildman–Crippen MR) is 142 cm³/mol. The van der Waals surface area contributed by atoms with Gasteiger partial charge in [0.2, 0.25) is 10.0 Å². The normalized spacial score (nSPS) is 19.6. The van der Waals surface area contributed by atoms with Gasteiger partial charge in [0.25, 0.3) is 5.91 Å². The van der Waals surface area contributed by atoms with E-state index in [0.29, 0.717) is 5.69 Å². The van der Waals surface area contributed by atoms with E-state index in [4.69, 9.17) is 4.74 Å². The number of sulfonamides is 1. The number of carboxylic acids is 1. The quantitative estimate of drug-likeness (QED) is 0.383. The summed E-state index contributed by atoms with van der Waals surface area (Å²) in [6.45, 7) is 4.98. The number of benzene rings is 2. The minimum atomic E-state index is -4.01. The average Bonchev–Trinajstić information content (AvgIpc) is 3.24. The molecule has 2 unspecified atom stereocenters. The molecule has 0 saturated carbocycles. The third-order valence-corrected chi connectivity index (χ3v) is 8.12. The highest BCUT2D eigenvalue weighted by atomic mass is 32.2. The van der Waals surface area contributed by atoms with E-state index in [2.05, 4.69) is 10.0 Å². The standard InChI is InChI=1S/C28H30N2O7S/c1-16(2)25(28(33)34)30-38(35,36)22-13-9-19(10-14-22)18-7-11-21(12-8-18)29-27(32)26-17(3)24-20(15-31)5-4-6-23(24)37-26/h4-14,16,23-25,30-31H,15H2,1-3H3,(H,29,32)(H,33,34)/t23?,24?,25-/m0/s1. The number of aliphatic hydroxyl groups is 1. The first-order chi connectivity index (χ1) is 18.0. The SMILES string of the molecule is CC1=C(C(=O)Nc2ccc(-c3ccc(S(=O)(=O)N[C@H](C(=O)O)C(C)C)cc3)cc2)OC2C=CC=C(CO)C12. The van der Waals surface area contributed by atoms with Crippen molar-refractivity contribution in [1.82, 2.24) is 4.72 Å². The zero-order valence-corrected chi connectivity index (χ0v) is 22.0. The largest absolute Gasteiger partial charge is 0.480 e. The maximum Gasteiger partial charge on any atom is 0.322 e. The second kappa shape index (κ2) is 10.9. The molecule has 0 saturated heterocycles. The lowest BCUT2D eigenvalue weighted by molar-refractivity contribution is -0.140. The molecule has 200 valence electrons. The van der Waals surface area contributed by atoms with Crippen LogP contribution in [0.4, 0.5) is 5.69 Å². The summed E-state index contributed by atoms with van der Waals surface area (Å²) in [5, 5.41) is 21.8. The van der Waals surface area contributed by atoms with Crippen molar-refractivity contribution in [3.63, 3.8) is 0 Å². The molecule has 1 amide bonds. The number of amides is 1. The fraction of sp³-hybridized carbons (Fsp3) is 0.286. The molecule has 4 N–H and O–H groups in total. The van der Waals surface area contributed by atoms with Gasteiger partial charge in [0.05, 0.1) is 11.5 Å². The van der Waals surface area contributed by atoms with E-state index in [0.717, 1.165) is 22.3 Å². The van der Waals surface area contributed by atoms with Crippen molar-refractivity contribution in [2.75, 3.05) is 11.9 Å². The summed E-state index contributed by atoms with van der Waals surface area (Å²) < 4.78 is 33.4. The van der Waals surface area contributed by atoms with Crippen LogP contribution in [0.3, 0.4) is 0 Å². The minimum Gasteiger partial charge on any atom is -0.480 e. The van der Waals surface area contributed by atoms with Crippen molar-refractivity contribution in [2.45, 2.75) is 37.8 Å². The number of hydrogen-bond donors (Lipinski definition) is 4. The molecule has 2 aromatic carbocycles. The first-order valence-electron chi connectivity index (χ1n) is 12.1. The summed E-state index contributed by atoms with van der Waals surface area (Å²) in [5.41, 5.74) is 3.67. The van der Waals surface area contributed by atoms with Gasteiger partial charge in [0.1, 0.15) is 12.1 Å². The van der Waals surface area contributed by atoms with Crippen molar-refractivity contribution >= 4 is 27.6 Å². The third-order valence-electron chi connectivity index (χ3n) is 6.66. The summed E-state index contributed by atoms with van der Waals surface area (Å²) in [6, 6.07) is 11.9. The molecule has 0 aromatic heterocycles. The van der Waals surface area contributed by atoms with Crippen LogP contribution < -0.4 is 10.0 Å². The minimum absolute atomic E-state index is 0.0353. The Morgan fingerprint density at radius 2 is 1.63 bits per heavy atom. The maximum atomic E-state index is 12.9. The van der Waals surface area contributed by atoms with Crippen LogP contribution in [0.2, 0.25) is 0 Å². The number of carbonyl (C=O) groups is 2. The molecule has 0 fully saturated rings. The summed E-state index contributed by atoms with van der Waals surface area (Å²) in [5.74, 6) is -1.95. The number of rotatable bonds is 9. The summed E-state index contributed by atoms with van der Waals surface area (Å²) in [4.78, 5) is 24.3. The Morgan fingerprint density at radius 1 is 1.03 bits per heavy atom. The highest BCUT2D eigenvalue weighted by Gasteiger charge is 2.38. The van der Waals surface area contributed by atoms with E-state index < -0.39 is 28.0 Å². The third kappa shape index (κ3) is 5.57. The van der Waals surface area contributed by atoms with Crippen molar-refractivity contribution in [3.05, 3.63) is 83.7 Å². The van der Waals surface area contributed by atoms with Gasteiger partial charge in [0, 0.05) is 11.6 Å². The van der Waals surface area contributed by atoms with Gasteiger partial charge in [-0.2, -0.15) is 4.72 Å². The number of fused-ring (bicyclic) bond motifs is 1. The van der Waals surface area contributed by atoms with E-state index in [1.165, 1.54) is 12.1 Å². The molecule has 0 radical (unpaired) electrons. The van der Waals surface area contributed by atoms with Gasteiger partial charge in [-0.15, -0.1) is 0 Å². The Labute approximate surface area is 221 Å². The number of carbonyl (C=O) groups excluding carboxylic acids is 1. The Kier molecular flexibility index (Phi) is 7.86. The van der Waals surface area contributed by atoms with E-state index >= 15 is 0 Å². The molecule has 10 heteroatoms. The van der Waals surface area contributed by atoms with E-state index in [-0.39, 0.29) is 35.2 Å². The van der Waals surface area contributed by atoms with Crippen molar-refractivity contribution in [1.29, 1.82) is 0 Å². The lowest BCUT2D eigenvalue weighted by atomic mass is 9.85. The van der Waals surface area contributed by atoms with Crippen molar-refractivity contribution < 1.29 is 33.0 Å². The Morgan fingerprint density at radius 3 is 2.18 bits per heavy atom. The molecular weight excluding hydrogens is 508 g/mol. The van der Waals surface area contributed by atoms with Crippen molar-refractivity contribution in [3.8, 4) is 11.1 Å². The zero-order valence-electron chi connectivity index (χ0n) is 21.2. The van der Waals surface area contributed by atoms with Crippen LogP contribution in [0.1, 0.15) is 20.8 Å². The fourth-order valence-electron chi connectivity index (χ4n) is 4.57. The number of allylic oxidation sites excluding steroid dienone is 2. The van der Waals surface area contributed by atoms with Gasteiger partial charge in [-0.3, -0.25) is 9.59 Å².